The Balaban J connectivity index is 2.54. The van der Waals surface area contributed by atoms with E-state index in [0.717, 1.165) is 12.2 Å². The minimum absolute atomic E-state index is 0.0944. The first-order chi connectivity index (χ1) is 6.20. The second kappa shape index (κ2) is 3.23. The normalized spacial score (nSPS) is 15.5. The van der Waals surface area contributed by atoms with Gasteiger partial charge in [0.15, 0.2) is 16.0 Å². The van der Waals surface area contributed by atoms with Crippen molar-refractivity contribution in [2.45, 2.75) is 18.1 Å². The number of carboxylic acids is 1. The van der Waals surface area contributed by atoms with Crippen LogP contribution in [0.5, 0.6) is 0 Å². The monoisotopic (exact) mass is 218 g/mol. The minimum Gasteiger partial charge on any atom is -0.476 e. The molecule has 4 nitrogen and oxygen atoms in total. The maximum atomic E-state index is 10.8. The van der Waals surface area contributed by atoms with E-state index in [4.69, 9.17) is 16.7 Å². The Morgan fingerprint density at radius 2 is 2.46 bits per heavy atom. The smallest absolute Gasteiger partial charge is 0.355 e. The zero-order valence-corrected chi connectivity index (χ0v) is 8.23. The molecule has 0 unspecified atom stereocenters. The van der Waals surface area contributed by atoms with Gasteiger partial charge in [0.25, 0.3) is 0 Å². The van der Waals surface area contributed by atoms with E-state index in [2.05, 4.69) is 4.98 Å². The molecule has 6 heteroatoms. The van der Waals surface area contributed by atoms with Crippen molar-refractivity contribution >= 4 is 29.3 Å². The Hall–Kier alpha value is -0.680. The fourth-order valence-electron chi connectivity index (χ4n) is 1.31. The van der Waals surface area contributed by atoms with Crippen LogP contribution in [0.4, 0.5) is 0 Å². The molecular weight excluding hydrogens is 212 g/mol. The highest BCUT2D eigenvalue weighted by molar-refractivity contribution is 7.99. The number of carbonyl (C=O) groups is 1. The summed E-state index contributed by atoms with van der Waals surface area (Å²) < 4.78 is 1.67. The predicted octanol–water partition coefficient (Wildman–Crippen LogP) is 1.73. The molecule has 0 radical (unpaired) electrons. The molecule has 0 atom stereocenters. The van der Waals surface area contributed by atoms with Gasteiger partial charge in [-0.25, -0.2) is 9.78 Å². The van der Waals surface area contributed by atoms with E-state index in [1.807, 2.05) is 0 Å². The highest BCUT2D eigenvalue weighted by Crippen LogP contribution is 2.29. The molecule has 1 N–H and O–H groups in total. The van der Waals surface area contributed by atoms with E-state index in [1.165, 1.54) is 0 Å². The summed E-state index contributed by atoms with van der Waals surface area (Å²) in [5.41, 5.74) is 0.115. The molecule has 2 rings (SSSR count). The molecule has 0 saturated carbocycles. The van der Waals surface area contributed by atoms with E-state index < -0.39 is 5.97 Å². The molecule has 0 fully saturated rings. The first-order valence-corrected chi connectivity index (χ1v) is 5.18. The number of carboxylic acid groups (broad SMARTS) is 1. The Bertz CT molecular complexity index is 364. The van der Waals surface area contributed by atoms with Gasteiger partial charge in [0.1, 0.15) is 0 Å². The number of halogens is 1. The average Bonchev–Trinajstić information content (AvgIpc) is 2.39. The molecule has 70 valence electrons. The number of thioether (sulfide) groups is 1. The summed E-state index contributed by atoms with van der Waals surface area (Å²) in [6, 6.07) is 0. The van der Waals surface area contributed by atoms with Crippen molar-refractivity contribution in [1.82, 2.24) is 9.55 Å². The zero-order valence-electron chi connectivity index (χ0n) is 6.66. The number of nitrogens with zero attached hydrogens (tertiary/aromatic N) is 2. The summed E-state index contributed by atoms with van der Waals surface area (Å²) in [4.78, 5) is 14.8. The number of fused-ring (bicyclic) bond motifs is 1. The molecule has 1 aromatic rings. The lowest BCUT2D eigenvalue weighted by atomic mass is 10.4. The Labute approximate surface area is 83.9 Å². The number of imidazole rings is 1. The Morgan fingerprint density at radius 1 is 1.69 bits per heavy atom. The van der Waals surface area contributed by atoms with Gasteiger partial charge in [-0.2, -0.15) is 0 Å². The van der Waals surface area contributed by atoms with Crippen LogP contribution < -0.4 is 0 Å². The second-order valence-corrected chi connectivity index (χ2v) is 4.11. The summed E-state index contributed by atoms with van der Waals surface area (Å²) in [6.45, 7) is 0.698. The molecule has 0 aliphatic carbocycles. The lowest BCUT2D eigenvalue weighted by molar-refractivity contribution is 0.0684. The van der Waals surface area contributed by atoms with Gasteiger partial charge in [-0.15, -0.1) is 0 Å². The SMILES string of the molecule is O=C(O)c1c(Cl)nc2n1CCCS2. The largest absolute Gasteiger partial charge is 0.476 e. The van der Waals surface area contributed by atoms with Crippen molar-refractivity contribution in [3.63, 3.8) is 0 Å². The molecule has 2 heterocycles. The molecule has 0 spiro atoms. The van der Waals surface area contributed by atoms with Crippen molar-refractivity contribution in [3.05, 3.63) is 10.8 Å². The molecule has 1 aliphatic rings. The summed E-state index contributed by atoms with van der Waals surface area (Å²) >= 11 is 7.25. The van der Waals surface area contributed by atoms with Gasteiger partial charge in [-0.05, 0) is 6.42 Å². The fraction of sp³-hybridized carbons (Fsp3) is 0.429. The van der Waals surface area contributed by atoms with Gasteiger partial charge in [-0.3, -0.25) is 0 Å². The van der Waals surface area contributed by atoms with E-state index in [-0.39, 0.29) is 10.8 Å². The predicted molar refractivity (Wildman–Crippen MR) is 49.5 cm³/mol. The van der Waals surface area contributed by atoms with E-state index in [1.54, 1.807) is 16.3 Å². The first-order valence-electron chi connectivity index (χ1n) is 3.82. The van der Waals surface area contributed by atoms with Crippen LogP contribution >= 0.6 is 23.4 Å². The maximum absolute atomic E-state index is 10.8. The quantitative estimate of drug-likeness (QED) is 0.780. The van der Waals surface area contributed by atoms with Crippen LogP contribution in [0.15, 0.2) is 5.16 Å². The van der Waals surface area contributed by atoms with Gasteiger partial charge >= 0.3 is 5.97 Å². The maximum Gasteiger partial charge on any atom is 0.355 e. The summed E-state index contributed by atoms with van der Waals surface area (Å²) in [7, 11) is 0. The summed E-state index contributed by atoms with van der Waals surface area (Å²) in [6.07, 6.45) is 0.963. The molecular formula is C7H7ClN2O2S. The van der Waals surface area contributed by atoms with Crippen LogP contribution in [0.3, 0.4) is 0 Å². The summed E-state index contributed by atoms with van der Waals surface area (Å²) in [5, 5.41) is 9.67. The molecule has 1 aromatic heterocycles. The third-order valence-electron chi connectivity index (χ3n) is 1.85. The van der Waals surface area contributed by atoms with Crippen LogP contribution in [0.2, 0.25) is 5.15 Å². The van der Waals surface area contributed by atoms with E-state index in [0.29, 0.717) is 11.7 Å². The number of aromatic carboxylic acids is 1. The van der Waals surface area contributed by atoms with Gasteiger partial charge in [0, 0.05) is 12.3 Å². The third kappa shape index (κ3) is 1.42. The number of hydrogen-bond acceptors (Lipinski definition) is 3. The third-order valence-corrected chi connectivity index (χ3v) is 3.18. The lowest BCUT2D eigenvalue weighted by Crippen LogP contribution is -2.13. The van der Waals surface area contributed by atoms with Crippen molar-refractivity contribution in [2.24, 2.45) is 0 Å². The zero-order chi connectivity index (χ0) is 9.42. The molecule has 13 heavy (non-hydrogen) atoms. The molecule has 0 saturated heterocycles. The number of aromatic nitrogens is 2. The van der Waals surface area contributed by atoms with Crippen molar-refractivity contribution in [3.8, 4) is 0 Å². The van der Waals surface area contributed by atoms with Gasteiger partial charge in [-0.1, -0.05) is 23.4 Å². The highest BCUT2D eigenvalue weighted by atomic mass is 35.5. The van der Waals surface area contributed by atoms with Crippen LogP contribution in [-0.2, 0) is 6.54 Å². The first kappa shape index (κ1) is 8.90. The average molecular weight is 219 g/mol. The van der Waals surface area contributed by atoms with Gasteiger partial charge in [0.2, 0.25) is 0 Å². The lowest BCUT2D eigenvalue weighted by Gasteiger charge is -2.13. The Morgan fingerprint density at radius 3 is 3.15 bits per heavy atom. The molecule has 0 amide bonds. The summed E-state index contributed by atoms with van der Waals surface area (Å²) in [5.74, 6) is -0.0295. The highest BCUT2D eigenvalue weighted by Gasteiger charge is 2.23. The topological polar surface area (TPSA) is 55.1 Å². The van der Waals surface area contributed by atoms with Crippen molar-refractivity contribution in [2.75, 3.05) is 5.75 Å². The van der Waals surface area contributed by atoms with E-state index >= 15 is 0 Å². The minimum atomic E-state index is -1.01. The van der Waals surface area contributed by atoms with Crippen molar-refractivity contribution < 1.29 is 9.90 Å². The van der Waals surface area contributed by atoms with Crippen LogP contribution in [0, 0.1) is 0 Å². The van der Waals surface area contributed by atoms with Gasteiger partial charge < -0.3 is 9.67 Å². The van der Waals surface area contributed by atoms with E-state index in [9.17, 15) is 4.79 Å². The number of rotatable bonds is 1. The van der Waals surface area contributed by atoms with Crippen LogP contribution in [-0.4, -0.2) is 26.4 Å². The van der Waals surface area contributed by atoms with Crippen molar-refractivity contribution in [1.29, 1.82) is 0 Å². The van der Waals surface area contributed by atoms with Crippen LogP contribution in [0.25, 0.3) is 0 Å². The Kier molecular flexibility index (Phi) is 2.21. The van der Waals surface area contributed by atoms with Crippen LogP contribution in [0.1, 0.15) is 16.9 Å². The molecule has 1 aliphatic heterocycles. The molecule has 0 aromatic carbocycles. The second-order valence-electron chi connectivity index (χ2n) is 2.69. The molecule has 0 bridgehead atoms. The fourth-order valence-corrected chi connectivity index (χ4v) is 2.58. The van der Waals surface area contributed by atoms with Gasteiger partial charge in [0.05, 0.1) is 0 Å². The number of hydrogen-bond donors (Lipinski definition) is 1. The standard InChI is InChI=1S/C7H7ClN2O2S/c8-5-4(6(11)12)10-2-1-3-13-7(10)9-5/h1-3H2,(H,11,12).